The summed E-state index contributed by atoms with van der Waals surface area (Å²) >= 11 is 0.908. The molecule has 0 bridgehead atoms. The van der Waals surface area contributed by atoms with Gasteiger partial charge in [0.15, 0.2) is 9.84 Å². The van der Waals surface area contributed by atoms with Crippen molar-refractivity contribution in [1.29, 1.82) is 5.53 Å². The van der Waals surface area contributed by atoms with Gasteiger partial charge in [0.25, 0.3) is 0 Å². The molecule has 0 unspecified atom stereocenters. The van der Waals surface area contributed by atoms with Crippen molar-refractivity contribution in [3.05, 3.63) is 41.3 Å². The second-order valence-electron chi connectivity index (χ2n) is 5.47. The molecule has 2 rings (SSSR count). The number of hydrogen-bond acceptors (Lipinski definition) is 9. The summed E-state index contributed by atoms with van der Waals surface area (Å²) in [5, 5.41) is 15.8. The number of nitrogens with zero attached hydrogens (tertiary/aromatic N) is 2. The lowest BCUT2D eigenvalue weighted by Crippen LogP contribution is -2.35. The van der Waals surface area contributed by atoms with Crippen LogP contribution in [0.4, 0.5) is 4.79 Å². The summed E-state index contributed by atoms with van der Waals surface area (Å²) in [6.45, 7) is 0.0438. The first-order valence-corrected chi connectivity index (χ1v) is 11.8. The fraction of sp³-hybridized carbons (Fsp3) is 0.267. The molecule has 2 aromatic rings. The molecule has 150 valence electrons. The predicted molar refractivity (Wildman–Crippen MR) is 97.3 cm³/mol. The number of rotatable bonds is 9. The van der Waals surface area contributed by atoms with E-state index >= 15 is 0 Å². The van der Waals surface area contributed by atoms with Crippen LogP contribution in [0.2, 0.25) is 0 Å². The molecule has 0 aliphatic carbocycles. The summed E-state index contributed by atoms with van der Waals surface area (Å²) in [6.07, 6.45) is -1.26. The lowest BCUT2D eigenvalue weighted by atomic mass is 10.4. The molecule has 0 spiro atoms. The van der Waals surface area contributed by atoms with Gasteiger partial charge in [-0.2, -0.15) is 0 Å². The summed E-state index contributed by atoms with van der Waals surface area (Å²) in [4.78, 5) is 13.6. The molecule has 10 nitrogen and oxygen atoms in total. The first kappa shape index (κ1) is 21.7. The molecule has 0 radical (unpaired) electrons. The van der Waals surface area contributed by atoms with E-state index in [1.807, 2.05) is 5.32 Å². The summed E-state index contributed by atoms with van der Waals surface area (Å²) in [6, 6.07) is 7.72. The highest BCUT2D eigenvalue weighted by molar-refractivity contribution is 7.93. The maximum absolute atomic E-state index is 12.7. The van der Waals surface area contributed by atoms with Crippen LogP contribution in [0.3, 0.4) is 0 Å². The molecular weight excluding hydrogens is 428 g/mol. The zero-order valence-electron chi connectivity index (χ0n) is 14.4. The Bertz CT molecular complexity index is 1100. The largest absolute Gasteiger partial charge is 0.530 e. The molecule has 0 aliphatic rings. The highest BCUT2D eigenvalue weighted by Crippen LogP contribution is 2.28. The van der Waals surface area contributed by atoms with E-state index < -0.39 is 25.8 Å². The molecule has 0 saturated heterocycles. The maximum atomic E-state index is 12.7. The van der Waals surface area contributed by atoms with Crippen molar-refractivity contribution < 1.29 is 26.7 Å². The second kappa shape index (κ2) is 9.06. The van der Waals surface area contributed by atoms with Gasteiger partial charge in [-0.15, -0.1) is 11.3 Å². The highest BCUT2D eigenvalue weighted by atomic mass is 32.2. The monoisotopic (exact) mass is 444 g/mol. The topological polar surface area (TPSA) is 171 Å². The molecule has 1 heterocycles. The van der Waals surface area contributed by atoms with E-state index in [2.05, 4.69) is 10.0 Å². The Labute approximate surface area is 165 Å². The summed E-state index contributed by atoms with van der Waals surface area (Å²) < 4.78 is 49.8. The van der Waals surface area contributed by atoms with Crippen LogP contribution in [0.25, 0.3) is 0 Å². The first-order valence-electron chi connectivity index (χ1n) is 7.81. The molecule has 13 heteroatoms. The normalized spacial score (nSPS) is 11.6. The summed E-state index contributed by atoms with van der Waals surface area (Å²) in [5.74, 6) is -0.197. The zero-order valence-corrected chi connectivity index (χ0v) is 16.8. The average Bonchev–Trinajstić information content (AvgIpc) is 3.14. The molecule has 0 atom stereocenters. The fourth-order valence-electron chi connectivity index (χ4n) is 2.19. The molecule has 28 heavy (non-hydrogen) atoms. The van der Waals surface area contributed by atoms with Gasteiger partial charge in [0.1, 0.15) is 27.5 Å². The quantitative estimate of drug-likeness (QED) is 0.328. The number of sulfone groups is 2. The van der Waals surface area contributed by atoms with Crippen molar-refractivity contribution in [2.24, 2.45) is 5.11 Å². The van der Waals surface area contributed by atoms with Crippen LogP contribution in [0.1, 0.15) is 11.3 Å². The number of carboxylic acid groups (broad SMARTS) is 1. The Morgan fingerprint density at radius 1 is 1.11 bits per heavy atom. The van der Waals surface area contributed by atoms with Crippen molar-refractivity contribution in [3.63, 3.8) is 0 Å². The highest BCUT2D eigenvalue weighted by Gasteiger charge is 2.21. The standard InChI is InChI=1S/C15H16N4O6S3/c16-19-18-8-1-9-27(22,23)12-3-5-13(6-4-12)28(24,25)14-7-2-11(26-14)10-17-15(20)21/h2-7,16-17H,1,8-10H2. The Morgan fingerprint density at radius 3 is 2.36 bits per heavy atom. The first-order chi connectivity index (χ1) is 13.2. The number of thiophene rings is 1. The third-order valence-corrected chi connectivity index (χ3v) is 8.71. The van der Waals surface area contributed by atoms with Gasteiger partial charge in [-0.3, -0.25) is 0 Å². The van der Waals surface area contributed by atoms with Gasteiger partial charge in [0.05, 0.1) is 22.1 Å². The predicted octanol–water partition coefficient (Wildman–Crippen LogP) is 0.728. The number of nitrogens with one attached hydrogen (secondary N) is 2. The smallest absolute Gasteiger partial charge is 0.215 e. The fourth-order valence-corrected chi connectivity index (χ4v) is 6.19. The Kier molecular flexibility index (Phi) is 7.02. The lowest BCUT2D eigenvalue weighted by molar-refractivity contribution is -0.251. The molecule has 2 N–H and O–H groups in total. The molecule has 1 aromatic heterocycles. The molecule has 0 aliphatic heterocycles. The van der Waals surface area contributed by atoms with E-state index in [1.54, 1.807) is 0 Å². The Balaban J connectivity index is 2.17. The third kappa shape index (κ3) is 5.45. The van der Waals surface area contributed by atoms with Gasteiger partial charge in [-0.25, -0.2) is 16.8 Å². The van der Waals surface area contributed by atoms with Crippen LogP contribution in [0.15, 0.2) is 55.5 Å². The van der Waals surface area contributed by atoms with Gasteiger partial charge in [0.2, 0.25) is 14.7 Å². The van der Waals surface area contributed by atoms with Crippen molar-refractivity contribution in [3.8, 4) is 0 Å². The van der Waals surface area contributed by atoms with Crippen molar-refractivity contribution in [2.75, 3.05) is 12.3 Å². The van der Waals surface area contributed by atoms with Crippen LogP contribution in [0.5, 0.6) is 0 Å². The summed E-state index contributed by atoms with van der Waals surface area (Å²) in [5.41, 5.74) is 6.52. The SMILES string of the molecule is N=[N+]=NCCCS(=O)(=O)c1ccc(S(=O)(=O)c2ccc(CNC(=O)[O-])s2)cc1. The van der Waals surface area contributed by atoms with Gasteiger partial charge < -0.3 is 15.2 Å². The second-order valence-corrected chi connectivity index (χ2v) is 10.9. The number of benzene rings is 1. The number of hydrogen-bond donors (Lipinski definition) is 2. The van der Waals surface area contributed by atoms with Crippen LogP contribution < -0.4 is 15.3 Å². The summed E-state index contributed by atoms with van der Waals surface area (Å²) in [7, 11) is -7.46. The Morgan fingerprint density at radius 2 is 1.75 bits per heavy atom. The zero-order chi connectivity index (χ0) is 20.8. The number of carbonyl (C=O) groups is 1. The Hall–Kier alpha value is -2.60. The molecule has 0 fully saturated rings. The minimum Gasteiger partial charge on any atom is -0.530 e. The van der Waals surface area contributed by atoms with E-state index in [-0.39, 0.29) is 39.3 Å². The minimum atomic E-state index is -3.86. The van der Waals surface area contributed by atoms with E-state index in [1.165, 1.54) is 36.4 Å². The van der Waals surface area contributed by atoms with Crippen LogP contribution >= 0.6 is 11.3 Å². The van der Waals surface area contributed by atoms with Crippen LogP contribution in [0, 0.1) is 5.53 Å². The van der Waals surface area contributed by atoms with Crippen molar-refractivity contribution in [2.45, 2.75) is 27.0 Å². The van der Waals surface area contributed by atoms with E-state index in [0.29, 0.717) is 4.88 Å². The van der Waals surface area contributed by atoms with Crippen molar-refractivity contribution >= 4 is 37.1 Å². The number of amides is 1. The van der Waals surface area contributed by atoms with Gasteiger partial charge >= 0.3 is 0 Å². The number of carbonyl (C=O) groups excluding carboxylic acids is 1. The van der Waals surface area contributed by atoms with E-state index in [9.17, 15) is 26.7 Å². The van der Waals surface area contributed by atoms with Gasteiger partial charge in [-0.1, -0.05) is 0 Å². The van der Waals surface area contributed by atoms with E-state index in [0.717, 1.165) is 11.3 Å². The van der Waals surface area contributed by atoms with Gasteiger partial charge in [-0.05, 0) is 42.8 Å². The molecule has 1 aromatic carbocycles. The molecular formula is C15H16N4O6S3. The van der Waals surface area contributed by atoms with E-state index in [4.69, 9.17) is 5.53 Å². The molecule has 1 amide bonds. The molecule has 0 saturated carbocycles. The maximum Gasteiger partial charge on any atom is 0.215 e. The third-order valence-electron chi connectivity index (χ3n) is 3.54. The van der Waals surface area contributed by atoms with Crippen LogP contribution in [-0.2, 0) is 26.2 Å². The van der Waals surface area contributed by atoms with Gasteiger partial charge in [0, 0.05) is 4.88 Å². The van der Waals surface area contributed by atoms with Crippen LogP contribution in [-0.4, -0.2) is 35.2 Å². The lowest BCUT2D eigenvalue weighted by Gasteiger charge is -2.06. The van der Waals surface area contributed by atoms with Crippen molar-refractivity contribution in [1.82, 2.24) is 10.2 Å². The minimum absolute atomic E-state index is 0.0130. The average molecular weight is 445 g/mol.